The normalized spacial score (nSPS) is 16.8. The summed E-state index contributed by atoms with van der Waals surface area (Å²) in [5.41, 5.74) is 4.09. The highest BCUT2D eigenvalue weighted by Crippen LogP contribution is 2.25. The number of rotatable bonds is 3. The predicted molar refractivity (Wildman–Crippen MR) is 78.4 cm³/mol. The van der Waals surface area contributed by atoms with Crippen molar-refractivity contribution in [3.8, 4) is 0 Å². The largest absolute Gasteiger partial charge is 0.369 e. The Labute approximate surface area is 114 Å². The molecule has 0 radical (unpaired) electrons. The van der Waals surface area contributed by atoms with Crippen LogP contribution in [0.1, 0.15) is 24.0 Å². The Balaban J connectivity index is 1.56. The molecule has 3 rings (SSSR count). The van der Waals surface area contributed by atoms with Gasteiger partial charge < -0.3 is 4.90 Å². The van der Waals surface area contributed by atoms with Crippen LogP contribution in [0.5, 0.6) is 0 Å². The summed E-state index contributed by atoms with van der Waals surface area (Å²) in [6.07, 6.45) is 7.68. The molecule has 1 aliphatic heterocycles. The average molecular weight is 255 g/mol. The number of anilines is 1. The number of piperidine rings is 1. The number of H-pyrrole nitrogens is 1. The summed E-state index contributed by atoms with van der Waals surface area (Å²) in [5, 5.41) is 6.92. The van der Waals surface area contributed by atoms with Crippen LogP contribution in [-0.2, 0) is 6.42 Å². The van der Waals surface area contributed by atoms with Gasteiger partial charge in [-0.05, 0) is 37.7 Å². The summed E-state index contributed by atoms with van der Waals surface area (Å²) in [5.74, 6) is 0.824. The van der Waals surface area contributed by atoms with Crippen molar-refractivity contribution >= 4 is 5.69 Å². The fraction of sp³-hybridized carbons (Fsp3) is 0.438. The van der Waals surface area contributed by atoms with Crippen LogP contribution in [0.2, 0.25) is 0 Å². The van der Waals surface area contributed by atoms with E-state index in [9.17, 15) is 0 Å². The first kappa shape index (κ1) is 12.3. The lowest BCUT2D eigenvalue weighted by atomic mass is 9.89. The van der Waals surface area contributed by atoms with Crippen LogP contribution >= 0.6 is 0 Å². The van der Waals surface area contributed by atoms with Crippen LogP contribution in [0.15, 0.2) is 36.7 Å². The lowest BCUT2D eigenvalue weighted by Crippen LogP contribution is -2.34. The van der Waals surface area contributed by atoms with Gasteiger partial charge in [-0.25, -0.2) is 0 Å². The first-order chi connectivity index (χ1) is 9.31. The molecule has 0 saturated carbocycles. The molecule has 0 unspecified atom stereocenters. The molecule has 19 heavy (non-hydrogen) atoms. The molecule has 0 bridgehead atoms. The molecule has 3 nitrogen and oxygen atoms in total. The van der Waals surface area contributed by atoms with Gasteiger partial charge in [0, 0.05) is 19.3 Å². The molecule has 3 heteroatoms. The molecule has 2 aromatic rings. The van der Waals surface area contributed by atoms with E-state index in [4.69, 9.17) is 0 Å². The van der Waals surface area contributed by atoms with Crippen molar-refractivity contribution in [2.24, 2.45) is 5.92 Å². The fourth-order valence-electron chi connectivity index (χ4n) is 2.98. The van der Waals surface area contributed by atoms with E-state index >= 15 is 0 Å². The summed E-state index contributed by atoms with van der Waals surface area (Å²) < 4.78 is 0. The van der Waals surface area contributed by atoms with Gasteiger partial charge in [0.2, 0.25) is 0 Å². The van der Waals surface area contributed by atoms with Crippen molar-refractivity contribution in [2.45, 2.75) is 26.2 Å². The molecule has 1 aromatic heterocycles. The first-order valence-electron chi connectivity index (χ1n) is 7.10. The van der Waals surface area contributed by atoms with Gasteiger partial charge in [0.15, 0.2) is 0 Å². The lowest BCUT2D eigenvalue weighted by Gasteiger charge is -2.32. The van der Waals surface area contributed by atoms with E-state index in [1.54, 1.807) is 0 Å². The highest BCUT2D eigenvalue weighted by molar-refractivity contribution is 5.42. The zero-order valence-electron chi connectivity index (χ0n) is 11.5. The van der Waals surface area contributed by atoms with Gasteiger partial charge in [0.05, 0.1) is 11.9 Å². The molecule has 1 N–H and O–H groups in total. The van der Waals surface area contributed by atoms with Crippen LogP contribution in [-0.4, -0.2) is 23.3 Å². The molecule has 0 atom stereocenters. The van der Waals surface area contributed by atoms with Gasteiger partial charge in [-0.1, -0.05) is 29.8 Å². The van der Waals surface area contributed by atoms with E-state index < -0.39 is 0 Å². The number of hydrogen-bond donors (Lipinski definition) is 1. The number of aromatic nitrogens is 2. The number of benzene rings is 1. The number of nitrogens with zero attached hydrogens (tertiary/aromatic N) is 2. The Kier molecular flexibility index (Phi) is 3.53. The van der Waals surface area contributed by atoms with Crippen LogP contribution in [0.3, 0.4) is 0 Å². The fourth-order valence-corrected chi connectivity index (χ4v) is 2.98. The van der Waals surface area contributed by atoms with Crippen LogP contribution in [0, 0.1) is 12.8 Å². The third-order valence-corrected chi connectivity index (χ3v) is 4.07. The van der Waals surface area contributed by atoms with Crippen molar-refractivity contribution in [1.29, 1.82) is 0 Å². The highest BCUT2D eigenvalue weighted by atomic mass is 15.2. The number of aromatic amines is 1. The van der Waals surface area contributed by atoms with E-state index in [0.717, 1.165) is 19.0 Å². The summed E-state index contributed by atoms with van der Waals surface area (Å²) >= 11 is 0. The molecule has 1 aromatic carbocycles. The average Bonchev–Trinajstić information content (AvgIpc) is 2.94. The number of aryl methyl sites for hydroxylation is 1. The van der Waals surface area contributed by atoms with E-state index in [1.165, 1.54) is 36.1 Å². The number of hydrogen-bond acceptors (Lipinski definition) is 2. The maximum atomic E-state index is 4.03. The minimum absolute atomic E-state index is 0.824. The smallest absolute Gasteiger partial charge is 0.0749 e. The Morgan fingerprint density at radius 1 is 1.32 bits per heavy atom. The van der Waals surface area contributed by atoms with Crippen molar-refractivity contribution in [1.82, 2.24) is 10.2 Å². The summed E-state index contributed by atoms with van der Waals surface area (Å²) in [7, 11) is 0. The Hall–Kier alpha value is -1.77. The molecule has 100 valence electrons. The third-order valence-electron chi connectivity index (χ3n) is 4.07. The van der Waals surface area contributed by atoms with Crippen LogP contribution < -0.4 is 4.90 Å². The Bertz CT molecular complexity index is 511. The molecule has 0 amide bonds. The molecule has 1 saturated heterocycles. The SMILES string of the molecule is Cc1cccc(CC2CCN(c3cn[nH]c3)CC2)c1. The van der Waals surface area contributed by atoms with Gasteiger partial charge >= 0.3 is 0 Å². The van der Waals surface area contributed by atoms with Crippen LogP contribution in [0.25, 0.3) is 0 Å². The van der Waals surface area contributed by atoms with Gasteiger partial charge in [-0.2, -0.15) is 5.10 Å². The van der Waals surface area contributed by atoms with Crippen molar-refractivity contribution in [2.75, 3.05) is 18.0 Å². The maximum Gasteiger partial charge on any atom is 0.0749 e. The molecule has 1 aliphatic rings. The summed E-state index contributed by atoms with van der Waals surface area (Å²) in [4.78, 5) is 2.43. The quantitative estimate of drug-likeness (QED) is 0.913. The minimum atomic E-state index is 0.824. The van der Waals surface area contributed by atoms with Gasteiger partial charge in [0.1, 0.15) is 0 Å². The first-order valence-corrected chi connectivity index (χ1v) is 7.10. The lowest BCUT2D eigenvalue weighted by molar-refractivity contribution is 0.403. The summed E-state index contributed by atoms with van der Waals surface area (Å²) in [6.45, 7) is 4.47. The zero-order chi connectivity index (χ0) is 13.1. The van der Waals surface area contributed by atoms with E-state index in [1.807, 2.05) is 12.4 Å². The van der Waals surface area contributed by atoms with Crippen LogP contribution in [0.4, 0.5) is 5.69 Å². The van der Waals surface area contributed by atoms with Crippen molar-refractivity contribution in [3.05, 3.63) is 47.8 Å². The Morgan fingerprint density at radius 2 is 2.16 bits per heavy atom. The van der Waals surface area contributed by atoms with Crippen molar-refractivity contribution < 1.29 is 0 Å². The monoisotopic (exact) mass is 255 g/mol. The van der Waals surface area contributed by atoms with E-state index in [0.29, 0.717) is 0 Å². The van der Waals surface area contributed by atoms with Gasteiger partial charge in [-0.15, -0.1) is 0 Å². The topological polar surface area (TPSA) is 31.9 Å². The molecular weight excluding hydrogens is 234 g/mol. The minimum Gasteiger partial charge on any atom is -0.369 e. The Morgan fingerprint density at radius 3 is 2.84 bits per heavy atom. The second-order valence-corrected chi connectivity index (χ2v) is 5.58. The molecule has 1 fully saturated rings. The second-order valence-electron chi connectivity index (χ2n) is 5.58. The zero-order valence-corrected chi connectivity index (χ0v) is 11.5. The number of nitrogens with one attached hydrogen (secondary N) is 1. The molecule has 2 heterocycles. The highest BCUT2D eigenvalue weighted by Gasteiger charge is 2.20. The van der Waals surface area contributed by atoms with E-state index in [-0.39, 0.29) is 0 Å². The van der Waals surface area contributed by atoms with E-state index in [2.05, 4.69) is 46.3 Å². The summed E-state index contributed by atoms with van der Waals surface area (Å²) in [6, 6.07) is 8.92. The second kappa shape index (κ2) is 5.47. The van der Waals surface area contributed by atoms with Gasteiger partial charge in [-0.3, -0.25) is 5.10 Å². The molecular formula is C16H21N3. The predicted octanol–water partition coefficient (Wildman–Crippen LogP) is 3.18. The molecule has 0 aliphatic carbocycles. The standard InChI is InChI=1S/C16H21N3/c1-13-3-2-4-15(9-13)10-14-5-7-19(8-6-14)16-11-17-18-12-16/h2-4,9,11-12,14H,5-8,10H2,1H3,(H,17,18). The maximum absolute atomic E-state index is 4.03. The van der Waals surface area contributed by atoms with Gasteiger partial charge in [0.25, 0.3) is 0 Å². The molecule has 0 spiro atoms. The van der Waals surface area contributed by atoms with Crippen molar-refractivity contribution in [3.63, 3.8) is 0 Å². The third kappa shape index (κ3) is 2.98.